The molecule has 0 fully saturated rings. The predicted octanol–water partition coefficient (Wildman–Crippen LogP) is 4.87. The highest BCUT2D eigenvalue weighted by molar-refractivity contribution is 6.04. The number of ketones is 2. The van der Waals surface area contributed by atoms with E-state index >= 15 is 0 Å². The maximum Gasteiger partial charge on any atom is 0.167 e. The number of fused-ring (bicyclic) bond motifs is 1. The number of rotatable bonds is 6. The molecule has 1 aliphatic rings. The van der Waals surface area contributed by atoms with Crippen LogP contribution in [0, 0.1) is 6.92 Å². The summed E-state index contributed by atoms with van der Waals surface area (Å²) in [6.07, 6.45) is 0.528. The summed E-state index contributed by atoms with van der Waals surface area (Å²) in [4.78, 5) is 24.1. The molecular weight excluding hydrogens is 328 g/mol. The molecule has 4 heteroatoms. The molecule has 2 aromatic carbocycles. The third-order valence-electron chi connectivity index (χ3n) is 4.84. The summed E-state index contributed by atoms with van der Waals surface area (Å²) < 4.78 is 11.7. The lowest BCUT2D eigenvalue weighted by Gasteiger charge is -2.15. The molecule has 1 atom stereocenters. The second-order valence-corrected chi connectivity index (χ2v) is 6.80. The lowest BCUT2D eigenvalue weighted by molar-refractivity contribution is 0.0984. The summed E-state index contributed by atoms with van der Waals surface area (Å²) in [5, 5.41) is 0. The molecule has 2 aromatic rings. The molecule has 0 amide bonds. The summed E-state index contributed by atoms with van der Waals surface area (Å²) in [7, 11) is 0. The second kappa shape index (κ2) is 7.32. The SMILES string of the molecule is CCOc1ccc(C(C)=O)cc1COc1ccc(C)c2c1C(=O)CC2C. The first-order valence-corrected chi connectivity index (χ1v) is 8.98. The zero-order chi connectivity index (χ0) is 18.8. The Kier molecular flexibility index (Phi) is 5.12. The van der Waals surface area contributed by atoms with Gasteiger partial charge in [-0.1, -0.05) is 13.0 Å². The molecule has 0 heterocycles. The van der Waals surface area contributed by atoms with Gasteiger partial charge in [0.25, 0.3) is 0 Å². The summed E-state index contributed by atoms with van der Waals surface area (Å²) in [5.41, 5.74) is 4.34. The topological polar surface area (TPSA) is 52.6 Å². The van der Waals surface area contributed by atoms with Crippen molar-refractivity contribution in [1.29, 1.82) is 0 Å². The zero-order valence-electron chi connectivity index (χ0n) is 15.7. The number of Topliss-reactive ketones (excluding diaryl/α,β-unsaturated/α-hetero) is 2. The normalized spacial score (nSPS) is 15.7. The first-order valence-electron chi connectivity index (χ1n) is 8.98. The van der Waals surface area contributed by atoms with Crippen molar-refractivity contribution in [3.05, 3.63) is 58.1 Å². The molecule has 0 saturated heterocycles. The maximum atomic E-state index is 12.4. The quantitative estimate of drug-likeness (QED) is 0.696. The van der Waals surface area contributed by atoms with Crippen LogP contribution in [0.1, 0.15) is 70.5 Å². The van der Waals surface area contributed by atoms with Crippen molar-refractivity contribution in [2.75, 3.05) is 6.61 Å². The molecule has 0 bridgehead atoms. The van der Waals surface area contributed by atoms with Crippen molar-refractivity contribution in [1.82, 2.24) is 0 Å². The van der Waals surface area contributed by atoms with E-state index < -0.39 is 0 Å². The van der Waals surface area contributed by atoms with Gasteiger partial charge in [-0.05, 0) is 62.1 Å². The minimum absolute atomic E-state index is 0.00507. The molecule has 136 valence electrons. The van der Waals surface area contributed by atoms with Gasteiger partial charge in [0.05, 0.1) is 12.2 Å². The standard InChI is InChI=1S/C22H24O4/c1-5-25-19-9-7-16(15(4)23)11-17(19)12-26-20-8-6-13(2)21-14(3)10-18(24)22(20)21/h6-9,11,14H,5,10,12H2,1-4H3. The van der Waals surface area contributed by atoms with Crippen molar-refractivity contribution in [2.24, 2.45) is 0 Å². The van der Waals surface area contributed by atoms with E-state index in [1.54, 1.807) is 18.2 Å². The Morgan fingerprint density at radius 2 is 1.88 bits per heavy atom. The Bertz CT molecular complexity index is 867. The third kappa shape index (κ3) is 3.36. The van der Waals surface area contributed by atoms with E-state index in [4.69, 9.17) is 9.47 Å². The summed E-state index contributed by atoms with van der Waals surface area (Å²) in [6.45, 7) is 8.32. The van der Waals surface area contributed by atoms with Crippen LogP contribution in [0.2, 0.25) is 0 Å². The molecular formula is C22H24O4. The summed E-state index contributed by atoms with van der Waals surface area (Å²) in [5.74, 6) is 1.65. The largest absolute Gasteiger partial charge is 0.493 e. The van der Waals surface area contributed by atoms with Crippen LogP contribution in [0.4, 0.5) is 0 Å². The number of ether oxygens (including phenoxy) is 2. The highest BCUT2D eigenvalue weighted by Crippen LogP contribution is 2.40. The number of benzene rings is 2. The smallest absolute Gasteiger partial charge is 0.167 e. The number of carbonyl (C=O) groups is 2. The van der Waals surface area contributed by atoms with Gasteiger partial charge in [0.1, 0.15) is 18.1 Å². The molecule has 0 N–H and O–H groups in total. The van der Waals surface area contributed by atoms with Gasteiger partial charge in [0.2, 0.25) is 0 Å². The molecule has 26 heavy (non-hydrogen) atoms. The molecule has 3 rings (SSSR count). The lowest BCUT2D eigenvalue weighted by Crippen LogP contribution is -2.06. The predicted molar refractivity (Wildman–Crippen MR) is 100 cm³/mol. The van der Waals surface area contributed by atoms with E-state index in [2.05, 4.69) is 6.92 Å². The maximum absolute atomic E-state index is 12.4. The van der Waals surface area contributed by atoms with Crippen LogP contribution in [0.3, 0.4) is 0 Å². The minimum Gasteiger partial charge on any atom is -0.493 e. The number of hydrogen-bond acceptors (Lipinski definition) is 4. The van der Waals surface area contributed by atoms with Crippen LogP contribution in [0.25, 0.3) is 0 Å². The zero-order valence-corrected chi connectivity index (χ0v) is 15.7. The van der Waals surface area contributed by atoms with E-state index in [9.17, 15) is 9.59 Å². The minimum atomic E-state index is -0.00507. The van der Waals surface area contributed by atoms with Crippen LogP contribution in [0.5, 0.6) is 11.5 Å². The van der Waals surface area contributed by atoms with Crippen molar-refractivity contribution in [2.45, 2.75) is 46.6 Å². The van der Waals surface area contributed by atoms with Gasteiger partial charge in [-0.25, -0.2) is 0 Å². The van der Waals surface area contributed by atoms with Crippen LogP contribution >= 0.6 is 0 Å². The monoisotopic (exact) mass is 352 g/mol. The van der Waals surface area contributed by atoms with Crippen molar-refractivity contribution in [3.8, 4) is 11.5 Å². The summed E-state index contributed by atoms with van der Waals surface area (Å²) >= 11 is 0. The number of carbonyl (C=O) groups excluding carboxylic acids is 2. The molecule has 0 spiro atoms. The van der Waals surface area contributed by atoms with Crippen LogP contribution in [0.15, 0.2) is 30.3 Å². The number of hydrogen-bond donors (Lipinski definition) is 0. The second-order valence-electron chi connectivity index (χ2n) is 6.80. The van der Waals surface area contributed by atoms with Gasteiger partial charge < -0.3 is 9.47 Å². The van der Waals surface area contributed by atoms with E-state index in [1.165, 1.54) is 6.92 Å². The first kappa shape index (κ1) is 18.2. The Hall–Kier alpha value is -2.62. The molecule has 0 aliphatic heterocycles. The van der Waals surface area contributed by atoms with Gasteiger partial charge in [0, 0.05) is 17.5 Å². The van der Waals surface area contributed by atoms with Gasteiger partial charge in [-0.2, -0.15) is 0 Å². The van der Waals surface area contributed by atoms with Gasteiger partial charge in [-0.3, -0.25) is 9.59 Å². The molecule has 0 aromatic heterocycles. The highest BCUT2D eigenvalue weighted by atomic mass is 16.5. The van der Waals surface area contributed by atoms with Gasteiger partial charge in [-0.15, -0.1) is 0 Å². The van der Waals surface area contributed by atoms with Crippen molar-refractivity contribution in [3.63, 3.8) is 0 Å². The Morgan fingerprint density at radius 3 is 2.58 bits per heavy atom. The van der Waals surface area contributed by atoms with Crippen LogP contribution in [-0.4, -0.2) is 18.2 Å². The molecule has 1 aliphatic carbocycles. The fourth-order valence-corrected chi connectivity index (χ4v) is 3.59. The van der Waals surface area contributed by atoms with Gasteiger partial charge >= 0.3 is 0 Å². The number of aryl methyl sites for hydroxylation is 1. The van der Waals surface area contributed by atoms with E-state index in [-0.39, 0.29) is 24.1 Å². The molecule has 0 radical (unpaired) electrons. The average Bonchev–Trinajstić information content (AvgIpc) is 2.91. The third-order valence-corrected chi connectivity index (χ3v) is 4.84. The Balaban J connectivity index is 1.92. The van der Waals surface area contributed by atoms with Crippen LogP contribution < -0.4 is 9.47 Å². The molecule has 0 saturated carbocycles. The fourth-order valence-electron chi connectivity index (χ4n) is 3.59. The molecule has 4 nitrogen and oxygen atoms in total. The highest BCUT2D eigenvalue weighted by Gasteiger charge is 2.31. The fraction of sp³-hybridized carbons (Fsp3) is 0.364. The Labute approximate surface area is 154 Å². The van der Waals surface area contributed by atoms with Crippen molar-refractivity contribution < 1.29 is 19.1 Å². The van der Waals surface area contributed by atoms with E-state index in [1.807, 2.05) is 26.0 Å². The van der Waals surface area contributed by atoms with E-state index in [0.717, 1.165) is 16.7 Å². The van der Waals surface area contributed by atoms with Crippen LogP contribution in [-0.2, 0) is 6.61 Å². The average molecular weight is 352 g/mol. The Morgan fingerprint density at radius 1 is 1.15 bits per heavy atom. The summed E-state index contributed by atoms with van der Waals surface area (Å²) in [6, 6.07) is 9.21. The lowest BCUT2D eigenvalue weighted by atomic mass is 9.97. The van der Waals surface area contributed by atoms with Crippen molar-refractivity contribution >= 4 is 11.6 Å². The van der Waals surface area contributed by atoms with E-state index in [0.29, 0.717) is 35.7 Å². The van der Waals surface area contributed by atoms with Gasteiger partial charge in [0.15, 0.2) is 11.6 Å². The molecule has 1 unspecified atom stereocenters. The first-order chi connectivity index (χ1) is 12.4.